The van der Waals surface area contributed by atoms with Crippen molar-refractivity contribution in [3.63, 3.8) is 0 Å². The zero-order valence-electron chi connectivity index (χ0n) is 11.9. The lowest BCUT2D eigenvalue weighted by atomic mass is 10.1. The Labute approximate surface area is 130 Å². The van der Waals surface area contributed by atoms with Crippen molar-refractivity contribution in [2.24, 2.45) is 0 Å². The van der Waals surface area contributed by atoms with Crippen LogP contribution in [0.2, 0.25) is 5.02 Å². The van der Waals surface area contributed by atoms with E-state index in [4.69, 9.17) is 16.3 Å². The van der Waals surface area contributed by atoms with Crippen molar-refractivity contribution in [1.29, 1.82) is 0 Å². The fraction of sp³-hybridized carbons (Fsp3) is 0.615. The minimum Gasteiger partial charge on any atom is -0.378 e. The molecule has 8 heteroatoms. The van der Waals surface area contributed by atoms with Gasteiger partial charge < -0.3 is 10.1 Å². The molecular weight excluding hydrogens is 314 g/mol. The first-order valence-electron chi connectivity index (χ1n) is 6.97. The molecule has 1 unspecified atom stereocenters. The van der Waals surface area contributed by atoms with Crippen LogP contribution in [0.3, 0.4) is 0 Å². The molecule has 0 radical (unpaired) electrons. The molecule has 2 heterocycles. The zero-order chi connectivity index (χ0) is 15.3. The fourth-order valence-electron chi connectivity index (χ4n) is 2.22. The molecule has 6 nitrogen and oxygen atoms in total. The lowest BCUT2D eigenvalue weighted by Gasteiger charge is -2.22. The molecule has 21 heavy (non-hydrogen) atoms. The van der Waals surface area contributed by atoms with E-state index in [1.54, 1.807) is 7.05 Å². The van der Waals surface area contributed by atoms with Gasteiger partial charge in [-0.2, -0.15) is 0 Å². The Morgan fingerprint density at radius 2 is 2.29 bits per heavy atom. The molecule has 0 bridgehead atoms. The number of sulfonamides is 1. The van der Waals surface area contributed by atoms with Crippen molar-refractivity contribution in [3.8, 4) is 0 Å². The van der Waals surface area contributed by atoms with Gasteiger partial charge in [0, 0.05) is 26.4 Å². The highest BCUT2D eigenvalue weighted by Crippen LogP contribution is 2.22. The van der Waals surface area contributed by atoms with E-state index in [0.29, 0.717) is 18.8 Å². The molecule has 1 atom stereocenters. The molecule has 1 saturated heterocycles. The van der Waals surface area contributed by atoms with E-state index in [9.17, 15) is 8.42 Å². The summed E-state index contributed by atoms with van der Waals surface area (Å²) in [6, 6.07) is 1.39. The van der Waals surface area contributed by atoms with Gasteiger partial charge in [-0.1, -0.05) is 11.6 Å². The van der Waals surface area contributed by atoms with Crippen molar-refractivity contribution in [1.82, 2.24) is 9.71 Å². The molecule has 1 aliphatic rings. The van der Waals surface area contributed by atoms with Gasteiger partial charge in [0.15, 0.2) is 0 Å². The average Bonchev–Trinajstić information content (AvgIpc) is 2.48. The number of hydrogen-bond acceptors (Lipinski definition) is 5. The third-order valence-corrected chi connectivity index (χ3v) is 5.11. The van der Waals surface area contributed by atoms with E-state index < -0.39 is 10.0 Å². The summed E-state index contributed by atoms with van der Waals surface area (Å²) in [5, 5.41) is 3.06. The predicted octanol–water partition coefficient (Wildman–Crippen LogP) is 2.01. The molecule has 2 N–H and O–H groups in total. The smallest absolute Gasteiger partial charge is 0.242 e. The number of aromatic nitrogens is 1. The summed E-state index contributed by atoms with van der Waals surface area (Å²) >= 11 is 5.95. The van der Waals surface area contributed by atoms with Gasteiger partial charge in [-0.25, -0.2) is 18.1 Å². The number of nitrogens with one attached hydrogen (secondary N) is 2. The summed E-state index contributed by atoms with van der Waals surface area (Å²) in [7, 11) is -1.92. The highest BCUT2D eigenvalue weighted by atomic mass is 35.5. The third-order valence-electron chi connectivity index (χ3n) is 3.40. The lowest BCUT2D eigenvalue weighted by Crippen LogP contribution is -2.29. The van der Waals surface area contributed by atoms with Crippen molar-refractivity contribution in [2.75, 3.05) is 25.5 Å². The van der Waals surface area contributed by atoms with Crippen LogP contribution >= 0.6 is 11.6 Å². The van der Waals surface area contributed by atoms with Gasteiger partial charge in [-0.3, -0.25) is 0 Å². The molecule has 0 spiro atoms. The minimum absolute atomic E-state index is 0.0658. The summed E-state index contributed by atoms with van der Waals surface area (Å²) in [6.45, 7) is 1.11. The normalized spacial score (nSPS) is 19.4. The first-order valence-corrected chi connectivity index (χ1v) is 8.83. The fourth-order valence-corrected chi connectivity index (χ4v) is 3.57. The molecule has 1 aromatic heterocycles. The van der Waals surface area contributed by atoms with Gasteiger partial charge in [-0.05, 0) is 31.7 Å². The van der Waals surface area contributed by atoms with Crippen LogP contribution < -0.4 is 10.0 Å². The van der Waals surface area contributed by atoms with Crippen molar-refractivity contribution < 1.29 is 13.2 Å². The van der Waals surface area contributed by atoms with Crippen LogP contribution in [0.15, 0.2) is 17.2 Å². The van der Waals surface area contributed by atoms with Crippen molar-refractivity contribution >= 4 is 27.4 Å². The maximum absolute atomic E-state index is 12.2. The summed E-state index contributed by atoms with van der Waals surface area (Å²) in [5.41, 5.74) is 0. The summed E-state index contributed by atoms with van der Waals surface area (Å²) in [6.07, 6.45) is 5.33. The molecule has 118 valence electrons. The number of rotatable bonds is 6. The maximum atomic E-state index is 12.2. The Balaban J connectivity index is 1.93. The molecule has 1 aliphatic heterocycles. The van der Waals surface area contributed by atoms with Crippen LogP contribution in [-0.2, 0) is 14.8 Å². The molecule has 0 aromatic carbocycles. The van der Waals surface area contributed by atoms with E-state index >= 15 is 0 Å². The van der Waals surface area contributed by atoms with Crippen molar-refractivity contribution in [2.45, 2.75) is 36.7 Å². The Hall–Kier alpha value is -0.890. The number of nitrogens with zero attached hydrogens (tertiary/aromatic N) is 1. The van der Waals surface area contributed by atoms with Crippen LogP contribution in [0.5, 0.6) is 0 Å². The summed E-state index contributed by atoms with van der Waals surface area (Å²) < 4.78 is 32.4. The van der Waals surface area contributed by atoms with E-state index in [0.717, 1.165) is 25.9 Å². The lowest BCUT2D eigenvalue weighted by molar-refractivity contribution is 0.0123. The molecule has 0 amide bonds. The maximum Gasteiger partial charge on any atom is 0.242 e. The second kappa shape index (κ2) is 7.40. The van der Waals surface area contributed by atoms with Crippen LogP contribution in [0.1, 0.15) is 25.7 Å². The van der Waals surface area contributed by atoms with Crippen LogP contribution in [0.25, 0.3) is 0 Å². The summed E-state index contributed by atoms with van der Waals surface area (Å²) in [4.78, 5) is 4.04. The van der Waals surface area contributed by atoms with Gasteiger partial charge in [0.1, 0.15) is 10.7 Å². The van der Waals surface area contributed by atoms with Gasteiger partial charge >= 0.3 is 0 Å². The Morgan fingerprint density at radius 3 is 2.90 bits per heavy atom. The second-order valence-corrected chi connectivity index (χ2v) is 7.10. The molecule has 0 saturated carbocycles. The number of anilines is 1. The third kappa shape index (κ3) is 4.54. The van der Waals surface area contributed by atoms with Gasteiger partial charge in [0.05, 0.1) is 11.1 Å². The SMILES string of the molecule is CNc1ncc(S(=O)(=O)NCCC2CCCCO2)cc1Cl. The van der Waals surface area contributed by atoms with E-state index in [2.05, 4.69) is 15.0 Å². The average molecular weight is 334 g/mol. The number of hydrogen-bond donors (Lipinski definition) is 2. The van der Waals surface area contributed by atoms with Crippen molar-refractivity contribution in [3.05, 3.63) is 17.3 Å². The summed E-state index contributed by atoms with van der Waals surface area (Å²) in [5.74, 6) is 0.450. The van der Waals surface area contributed by atoms with Crippen LogP contribution in [0, 0.1) is 0 Å². The number of halogens is 1. The quantitative estimate of drug-likeness (QED) is 0.832. The highest BCUT2D eigenvalue weighted by molar-refractivity contribution is 7.89. The minimum atomic E-state index is -3.59. The van der Waals surface area contributed by atoms with Gasteiger partial charge in [0.2, 0.25) is 10.0 Å². The molecular formula is C13H20ClN3O3S. The van der Waals surface area contributed by atoms with Gasteiger partial charge in [0.25, 0.3) is 0 Å². The standard InChI is InChI=1S/C13H20ClN3O3S/c1-15-13-12(14)8-11(9-16-13)21(18,19)17-6-5-10-4-2-3-7-20-10/h8-10,17H,2-7H2,1H3,(H,15,16). The number of pyridine rings is 1. The molecule has 1 aromatic rings. The first kappa shape index (κ1) is 16.5. The van der Waals surface area contributed by atoms with E-state index in [-0.39, 0.29) is 16.0 Å². The Kier molecular flexibility index (Phi) is 5.80. The van der Waals surface area contributed by atoms with Crippen LogP contribution in [-0.4, -0.2) is 39.7 Å². The monoisotopic (exact) mass is 333 g/mol. The Bertz CT molecular complexity index is 574. The van der Waals surface area contributed by atoms with E-state index in [1.165, 1.54) is 12.3 Å². The van der Waals surface area contributed by atoms with Gasteiger partial charge in [-0.15, -0.1) is 0 Å². The Morgan fingerprint density at radius 1 is 1.48 bits per heavy atom. The molecule has 2 rings (SSSR count). The zero-order valence-corrected chi connectivity index (χ0v) is 13.5. The highest BCUT2D eigenvalue weighted by Gasteiger charge is 2.18. The predicted molar refractivity (Wildman–Crippen MR) is 82.2 cm³/mol. The first-order chi connectivity index (χ1) is 10.0. The topological polar surface area (TPSA) is 80.3 Å². The van der Waals surface area contributed by atoms with E-state index in [1.807, 2.05) is 0 Å². The molecule has 1 fully saturated rings. The molecule has 0 aliphatic carbocycles. The second-order valence-electron chi connectivity index (χ2n) is 4.93. The van der Waals surface area contributed by atoms with Crippen LogP contribution in [0.4, 0.5) is 5.82 Å². The number of ether oxygens (including phenoxy) is 1. The largest absolute Gasteiger partial charge is 0.378 e.